The molecule has 1 saturated heterocycles. The minimum absolute atomic E-state index is 0.0461. The van der Waals surface area contributed by atoms with Crippen LogP contribution in [0.15, 0.2) is 0 Å². The number of hydrogen-bond donors (Lipinski definition) is 1. The Kier molecular flexibility index (Phi) is 3.92. The zero-order chi connectivity index (χ0) is 13.5. The second-order valence-electron chi connectivity index (χ2n) is 7.69. The van der Waals surface area contributed by atoms with E-state index < -0.39 is 0 Å². The highest BCUT2D eigenvalue weighted by molar-refractivity contribution is 4.97. The largest absolute Gasteiger partial charge is 0.393 e. The lowest BCUT2D eigenvalue weighted by molar-refractivity contribution is -0.160. The smallest absolute Gasteiger partial charge is 0.0685 e. The Hall–Kier alpha value is -0.0800. The maximum Gasteiger partial charge on any atom is 0.0685 e. The van der Waals surface area contributed by atoms with Gasteiger partial charge < -0.3 is 9.84 Å². The lowest BCUT2D eigenvalue weighted by Gasteiger charge is -2.50. The third-order valence-corrected chi connectivity index (χ3v) is 6.25. The summed E-state index contributed by atoms with van der Waals surface area (Å²) in [4.78, 5) is 0. The molecule has 0 bridgehead atoms. The van der Waals surface area contributed by atoms with Gasteiger partial charge in [-0.3, -0.25) is 0 Å². The minimum Gasteiger partial charge on any atom is -0.393 e. The van der Waals surface area contributed by atoms with Gasteiger partial charge in [0, 0.05) is 6.61 Å². The molecule has 4 atom stereocenters. The summed E-state index contributed by atoms with van der Waals surface area (Å²) >= 11 is 0. The Labute approximate surface area is 117 Å². The topological polar surface area (TPSA) is 29.5 Å². The standard InChI is InChI=1S/C17H30O2/c1-12(2)13-4-5-16(18)15(10-13)14-6-9-19-17(11-14)7-3-8-17/h12-16,18H,3-11H2,1-2H3. The third kappa shape index (κ3) is 2.71. The van der Waals surface area contributed by atoms with E-state index in [9.17, 15) is 5.11 Å². The number of aliphatic hydroxyl groups excluding tert-OH is 1. The van der Waals surface area contributed by atoms with Gasteiger partial charge in [0.15, 0.2) is 0 Å². The fraction of sp³-hybridized carbons (Fsp3) is 1.00. The van der Waals surface area contributed by atoms with Gasteiger partial charge in [-0.25, -0.2) is 0 Å². The SMILES string of the molecule is CC(C)C1CCC(O)C(C2CCOC3(CCC3)C2)C1. The van der Waals surface area contributed by atoms with Gasteiger partial charge in [-0.15, -0.1) is 0 Å². The summed E-state index contributed by atoms with van der Waals surface area (Å²) in [5, 5.41) is 10.4. The first kappa shape index (κ1) is 13.9. The number of aliphatic hydroxyl groups is 1. The molecule has 3 aliphatic rings. The second kappa shape index (κ2) is 5.37. The lowest BCUT2D eigenvalue weighted by Crippen LogP contribution is -2.49. The van der Waals surface area contributed by atoms with Crippen LogP contribution in [-0.2, 0) is 4.74 Å². The van der Waals surface area contributed by atoms with E-state index in [1.807, 2.05) is 0 Å². The molecule has 0 aromatic carbocycles. The Morgan fingerprint density at radius 1 is 1.16 bits per heavy atom. The van der Waals surface area contributed by atoms with Crippen molar-refractivity contribution in [1.29, 1.82) is 0 Å². The van der Waals surface area contributed by atoms with Gasteiger partial charge >= 0.3 is 0 Å². The summed E-state index contributed by atoms with van der Waals surface area (Å²) in [6, 6.07) is 0. The zero-order valence-corrected chi connectivity index (χ0v) is 12.6. The summed E-state index contributed by atoms with van der Waals surface area (Å²) in [5.41, 5.74) is 0.230. The molecule has 0 amide bonds. The molecule has 0 aromatic rings. The first-order valence-electron chi connectivity index (χ1n) is 8.42. The summed E-state index contributed by atoms with van der Waals surface area (Å²) in [6.45, 7) is 5.62. The molecule has 0 aromatic heterocycles. The molecule has 1 aliphatic heterocycles. The van der Waals surface area contributed by atoms with E-state index >= 15 is 0 Å². The Morgan fingerprint density at radius 2 is 1.95 bits per heavy atom. The molecule has 2 nitrogen and oxygen atoms in total. The number of rotatable bonds is 2. The van der Waals surface area contributed by atoms with E-state index in [0.29, 0.717) is 11.8 Å². The van der Waals surface area contributed by atoms with E-state index in [-0.39, 0.29) is 11.7 Å². The lowest BCUT2D eigenvalue weighted by atomic mass is 9.63. The van der Waals surface area contributed by atoms with Crippen molar-refractivity contribution in [2.24, 2.45) is 23.7 Å². The van der Waals surface area contributed by atoms with Gasteiger partial charge in [0.2, 0.25) is 0 Å². The van der Waals surface area contributed by atoms with Crippen molar-refractivity contribution in [2.75, 3.05) is 6.61 Å². The summed E-state index contributed by atoms with van der Waals surface area (Å²) in [6.07, 6.45) is 9.72. The highest BCUT2D eigenvalue weighted by Crippen LogP contribution is 2.49. The van der Waals surface area contributed by atoms with Crippen molar-refractivity contribution in [3.63, 3.8) is 0 Å². The molecular formula is C17H30O2. The first-order valence-corrected chi connectivity index (χ1v) is 8.42. The van der Waals surface area contributed by atoms with Crippen LogP contribution in [0.5, 0.6) is 0 Å². The molecule has 0 radical (unpaired) electrons. The monoisotopic (exact) mass is 266 g/mol. The van der Waals surface area contributed by atoms with Gasteiger partial charge in [-0.05, 0) is 75.0 Å². The third-order valence-electron chi connectivity index (χ3n) is 6.25. The average molecular weight is 266 g/mol. The minimum atomic E-state index is -0.0461. The van der Waals surface area contributed by atoms with Crippen LogP contribution in [0.2, 0.25) is 0 Å². The molecule has 1 N–H and O–H groups in total. The van der Waals surface area contributed by atoms with Crippen LogP contribution >= 0.6 is 0 Å². The molecule has 3 fully saturated rings. The van der Waals surface area contributed by atoms with Crippen molar-refractivity contribution >= 4 is 0 Å². The van der Waals surface area contributed by atoms with E-state index in [2.05, 4.69) is 13.8 Å². The van der Waals surface area contributed by atoms with Gasteiger partial charge in [0.1, 0.15) is 0 Å². The van der Waals surface area contributed by atoms with E-state index in [0.717, 1.165) is 24.9 Å². The van der Waals surface area contributed by atoms with Crippen molar-refractivity contribution in [3.05, 3.63) is 0 Å². The summed E-state index contributed by atoms with van der Waals surface area (Å²) in [7, 11) is 0. The highest BCUT2D eigenvalue weighted by atomic mass is 16.5. The van der Waals surface area contributed by atoms with Crippen LogP contribution < -0.4 is 0 Å². The van der Waals surface area contributed by atoms with E-state index in [4.69, 9.17) is 4.74 Å². The molecule has 1 heterocycles. The molecule has 1 spiro atoms. The molecule has 2 aliphatic carbocycles. The second-order valence-corrected chi connectivity index (χ2v) is 7.69. The maximum absolute atomic E-state index is 10.4. The molecule has 2 saturated carbocycles. The predicted molar refractivity (Wildman–Crippen MR) is 76.9 cm³/mol. The van der Waals surface area contributed by atoms with Crippen molar-refractivity contribution in [3.8, 4) is 0 Å². The molecule has 3 rings (SSSR count). The number of hydrogen-bond acceptors (Lipinski definition) is 2. The Morgan fingerprint density at radius 3 is 2.58 bits per heavy atom. The maximum atomic E-state index is 10.4. The zero-order valence-electron chi connectivity index (χ0n) is 12.6. The van der Waals surface area contributed by atoms with Crippen LogP contribution in [-0.4, -0.2) is 23.4 Å². The number of ether oxygens (including phenoxy) is 1. The molecule has 19 heavy (non-hydrogen) atoms. The van der Waals surface area contributed by atoms with Crippen molar-refractivity contribution in [1.82, 2.24) is 0 Å². The summed E-state index contributed by atoms with van der Waals surface area (Å²) < 4.78 is 6.05. The highest BCUT2D eigenvalue weighted by Gasteiger charge is 2.46. The fourth-order valence-electron chi connectivity index (χ4n) is 4.69. The van der Waals surface area contributed by atoms with E-state index in [1.165, 1.54) is 44.9 Å². The first-order chi connectivity index (χ1) is 9.10. The van der Waals surface area contributed by atoms with Gasteiger partial charge in [0.25, 0.3) is 0 Å². The Bertz CT molecular complexity index is 308. The van der Waals surface area contributed by atoms with Crippen LogP contribution in [0.1, 0.15) is 65.2 Å². The van der Waals surface area contributed by atoms with Crippen molar-refractivity contribution in [2.45, 2.75) is 76.9 Å². The molecule has 110 valence electrons. The van der Waals surface area contributed by atoms with Crippen LogP contribution in [0.4, 0.5) is 0 Å². The van der Waals surface area contributed by atoms with E-state index in [1.54, 1.807) is 0 Å². The van der Waals surface area contributed by atoms with Crippen LogP contribution in [0.3, 0.4) is 0 Å². The molecular weight excluding hydrogens is 236 g/mol. The Balaban J connectivity index is 1.65. The van der Waals surface area contributed by atoms with Gasteiger partial charge in [-0.2, -0.15) is 0 Å². The predicted octanol–water partition coefficient (Wildman–Crippen LogP) is 3.77. The van der Waals surface area contributed by atoms with Gasteiger partial charge in [-0.1, -0.05) is 13.8 Å². The normalized spacial score (nSPS) is 42.3. The quantitative estimate of drug-likeness (QED) is 0.824. The van der Waals surface area contributed by atoms with Crippen LogP contribution in [0, 0.1) is 23.7 Å². The fourth-order valence-corrected chi connectivity index (χ4v) is 4.69. The van der Waals surface area contributed by atoms with Gasteiger partial charge in [0.05, 0.1) is 11.7 Å². The van der Waals surface area contributed by atoms with Crippen molar-refractivity contribution < 1.29 is 9.84 Å². The summed E-state index contributed by atoms with van der Waals surface area (Å²) in [5.74, 6) is 2.86. The molecule has 4 unspecified atom stereocenters. The van der Waals surface area contributed by atoms with Crippen LogP contribution in [0.25, 0.3) is 0 Å². The molecule has 2 heteroatoms. The average Bonchev–Trinajstić information content (AvgIpc) is 2.37.